The van der Waals surface area contributed by atoms with Crippen LogP contribution in [0.3, 0.4) is 0 Å². The van der Waals surface area contributed by atoms with Crippen LogP contribution in [0.1, 0.15) is 0 Å². The molecule has 3 heteroatoms. The van der Waals surface area contributed by atoms with Crippen molar-refractivity contribution in [3.05, 3.63) is 25.3 Å². The number of hydrogen-bond donors (Lipinski definition) is 2. The average molecular weight is 156 g/mol. The minimum Gasteiger partial charge on any atom is -0.253 e. The van der Waals surface area contributed by atoms with E-state index in [2.05, 4.69) is 24.0 Å². The molecular formula is C7H12N2S. The molecule has 0 bridgehead atoms. The highest BCUT2D eigenvalue weighted by Gasteiger charge is 1.93. The molecule has 1 unspecified atom stereocenters. The summed E-state index contributed by atoms with van der Waals surface area (Å²) in [5.41, 5.74) is 5.82. The Kier molecular flexibility index (Phi) is 6.27. The summed E-state index contributed by atoms with van der Waals surface area (Å²) in [4.78, 5) is 0. The fourth-order valence-electron chi connectivity index (χ4n) is 0.397. The van der Waals surface area contributed by atoms with Gasteiger partial charge in [-0.2, -0.15) is 0 Å². The highest BCUT2D eigenvalue weighted by Crippen LogP contribution is 1.76. The van der Waals surface area contributed by atoms with E-state index in [9.17, 15) is 0 Å². The largest absolute Gasteiger partial charge is 0.253 e. The van der Waals surface area contributed by atoms with Crippen LogP contribution in [0.15, 0.2) is 25.3 Å². The minimum absolute atomic E-state index is 0.0509. The highest BCUT2D eigenvalue weighted by atomic mass is 32.1. The van der Waals surface area contributed by atoms with Gasteiger partial charge in [-0.05, 0) is 0 Å². The van der Waals surface area contributed by atoms with E-state index < -0.39 is 0 Å². The van der Waals surface area contributed by atoms with Gasteiger partial charge < -0.3 is 0 Å². The number of thiocarbonyl (C=S) groups is 1. The van der Waals surface area contributed by atoms with E-state index in [4.69, 9.17) is 12.2 Å². The molecule has 0 aromatic carbocycles. The summed E-state index contributed by atoms with van der Waals surface area (Å²) in [5, 5.41) is 1.60. The maximum Gasteiger partial charge on any atom is 0.0673 e. The second-order valence-electron chi connectivity index (χ2n) is 1.71. The van der Waals surface area contributed by atoms with Crippen LogP contribution in [0.5, 0.6) is 0 Å². The summed E-state index contributed by atoms with van der Waals surface area (Å²) < 4.78 is 0. The Balaban J connectivity index is 3.34. The van der Waals surface area contributed by atoms with Gasteiger partial charge in [0.25, 0.3) is 0 Å². The average Bonchev–Trinajstić information content (AvgIpc) is 1.99. The summed E-state index contributed by atoms with van der Waals surface area (Å²) in [6.45, 7) is 7.84. The molecule has 0 aromatic rings. The molecule has 0 aliphatic heterocycles. The van der Waals surface area contributed by atoms with E-state index in [-0.39, 0.29) is 6.04 Å². The molecule has 0 fully saturated rings. The van der Waals surface area contributed by atoms with Crippen LogP contribution in [-0.2, 0) is 0 Å². The highest BCUT2D eigenvalue weighted by molar-refractivity contribution is 7.79. The van der Waals surface area contributed by atoms with Crippen LogP contribution in [0.4, 0.5) is 0 Å². The van der Waals surface area contributed by atoms with E-state index in [0.29, 0.717) is 6.54 Å². The first kappa shape index (κ1) is 9.49. The molecule has 0 aliphatic rings. The smallest absolute Gasteiger partial charge is 0.0673 e. The Morgan fingerprint density at radius 3 is 2.60 bits per heavy atom. The number of hydrazine groups is 1. The Hall–Kier alpha value is -0.510. The van der Waals surface area contributed by atoms with Gasteiger partial charge in [0, 0.05) is 11.9 Å². The first-order chi connectivity index (χ1) is 4.85. The first-order valence-corrected chi connectivity index (χ1v) is 3.49. The summed E-state index contributed by atoms with van der Waals surface area (Å²) in [7, 11) is 0. The van der Waals surface area contributed by atoms with Crippen LogP contribution in [-0.4, -0.2) is 18.0 Å². The van der Waals surface area contributed by atoms with Gasteiger partial charge in [0.1, 0.15) is 0 Å². The normalized spacial score (nSPS) is 12.0. The second-order valence-corrected chi connectivity index (χ2v) is 1.98. The van der Waals surface area contributed by atoms with Crippen molar-refractivity contribution in [2.45, 2.75) is 6.04 Å². The van der Waals surface area contributed by atoms with Gasteiger partial charge in [0.2, 0.25) is 0 Å². The number of hydrogen-bond acceptors (Lipinski definition) is 3. The standard InChI is InChI=1S/C7H12N2S/c1-3-5-8-9-7(4-2)6-10/h3-4,6-9H,1-2,5H2. The summed E-state index contributed by atoms with van der Waals surface area (Å²) >= 11 is 4.70. The fourth-order valence-corrected chi connectivity index (χ4v) is 0.577. The zero-order chi connectivity index (χ0) is 7.82. The quantitative estimate of drug-likeness (QED) is 0.258. The van der Waals surface area contributed by atoms with Crippen LogP contribution in [0, 0.1) is 0 Å². The number of nitrogens with one attached hydrogen (secondary N) is 2. The van der Waals surface area contributed by atoms with Gasteiger partial charge in [-0.25, -0.2) is 5.43 Å². The molecule has 0 rings (SSSR count). The molecule has 10 heavy (non-hydrogen) atoms. The van der Waals surface area contributed by atoms with Crippen molar-refractivity contribution >= 4 is 17.6 Å². The minimum atomic E-state index is 0.0509. The van der Waals surface area contributed by atoms with Gasteiger partial charge >= 0.3 is 0 Å². The molecule has 1 atom stereocenters. The van der Waals surface area contributed by atoms with Crippen molar-refractivity contribution in [1.82, 2.24) is 10.9 Å². The van der Waals surface area contributed by atoms with Gasteiger partial charge in [-0.15, -0.1) is 13.2 Å². The second kappa shape index (κ2) is 6.61. The summed E-state index contributed by atoms with van der Waals surface area (Å²) in [6, 6.07) is 0.0509. The zero-order valence-electron chi connectivity index (χ0n) is 5.84. The Morgan fingerprint density at radius 1 is 1.50 bits per heavy atom. The van der Waals surface area contributed by atoms with Crippen molar-refractivity contribution in [3.8, 4) is 0 Å². The molecular weight excluding hydrogens is 144 g/mol. The Morgan fingerprint density at radius 2 is 2.20 bits per heavy atom. The van der Waals surface area contributed by atoms with Gasteiger partial charge in [0.15, 0.2) is 0 Å². The van der Waals surface area contributed by atoms with E-state index >= 15 is 0 Å². The predicted octanol–water partition coefficient (Wildman–Crippen LogP) is 0.821. The molecule has 0 heterocycles. The van der Waals surface area contributed by atoms with Crippen molar-refractivity contribution in [1.29, 1.82) is 0 Å². The summed E-state index contributed by atoms with van der Waals surface area (Å²) in [5.74, 6) is 0. The zero-order valence-corrected chi connectivity index (χ0v) is 6.66. The van der Waals surface area contributed by atoms with Crippen molar-refractivity contribution in [3.63, 3.8) is 0 Å². The van der Waals surface area contributed by atoms with Crippen LogP contribution < -0.4 is 10.9 Å². The van der Waals surface area contributed by atoms with Crippen LogP contribution in [0.25, 0.3) is 0 Å². The van der Waals surface area contributed by atoms with Crippen molar-refractivity contribution < 1.29 is 0 Å². The lowest BCUT2D eigenvalue weighted by Crippen LogP contribution is -2.40. The van der Waals surface area contributed by atoms with Crippen LogP contribution >= 0.6 is 12.2 Å². The lowest BCUT2D eigenvalue weighted by atomic mass is 10.4. The number of rotatable bonds is 6. The lowest BCUT2D eigenvalue weighted by Gasteiger charge is -2.08. The molecule has 0 aliphatic carbocycles. The van der Waals surface area contributed by atoms with Gasteiger partial charge in [-0.3, -0.25) is 5.43 Å². The topological polar surface area (TPSA) is 24.1 Å². The Bertz CT molecular complexity index is 115. The third-order valence-corrected chi connectivity index (χ3v) is 1.21. The van der Waals surface area contributed by atoms with Gasteiger partial charge in [-0.1, -0.05) is 24.4 Å². The van der Waals surface area contributed by atoms with Crippen molar-refractivity contribution in [2.75, 3.05) is 6.54 Å². The maximum atomic E-state index is 4.70. The molecule has 0 saturated carbocycles. The fraction of sp³-hybridized carbons (Fsp3) is 0.286. The monoisotopic (exact) mass is 156 g/mol. The molecule has 0 radical (unpaired) electrons. The van der Waals surface area contributed by atoms with E-state index in [1.54, 1.807) is 17.5 Å². The molecule has 56 valence electrons. The van der Waals surface area contributed by atoms with E-state index in [1.165, 1.54) is 0 Å². The maximum absolute atomic E-state index is 4.70. The molecule has 0 amide bonds. The third kappa shape index (κ3) is 4.38. The molecule has 2 nitrogen and oxygen atoms in total. The molecule has 0 spiro atoms. The Labute approximate surface area is 67.0 Å². The lowest BCUT2D eigenvalue weighted by molar-refractivity contribution is 0.578. The third-order valence-electron chi connectivity index (χ3n) is 0.916. The van der Waals surface area contributed by atoms with Gasteiger partial charge in [0.05, 0.1) is 6.04 Å². The molecule has 0 aromatic heterocycles. The summed E-state index contributed by atoms with van der Waals surface area (Å²) in [6.07, 6.45) is 3.49. The SMILES string of the molecule is C=CCNNC(C=C)C=S. The van der Waals surface area contributed by atoms with E-state index in [0.717, 1.165) is 0 Å². The van der Waals surface area contributed by atoms with Crippen LogP contribution in [0.2, 0.25) is 0 Å². The van der Waals surface area contributed by atoms with E-state index in [1.807, 2.05) is 0 Å². The predicted molar refractivity (Wildman–Crippen MR) is 49.0 cm³/mol. The first-order valence-electron chi connectivity index (χ1n) is 3.02. The molecule has 0 saturated heterocycles. The van der Waals surface area contributed by atoms with Crippen molar-refractivity contribution in [2.24, 2.45) is 0 Å². The molecule has 2 N–H and O–H groups in total.